The normalized spacial score (nSPS) is 22.9. The van der Waals surface area contributed by atoms with E-state index in [0.29, 0.717) is 0 Å². The van der Waals surface area contributed by atoms with Crippen molar-refractivity contribution >= 4 is 6.29 Å². The number of aldehydes is 1. The molecular weight excluding hydrogens is 187 g/mol. The third kappa shape index (κ3) is 2.68. The minimum Gasteiger partial charge on any atom is -0.393 e. The van der Waals surface area contributed by atoms with Gasteiger partial charge in [-0.05, 0) is 0 Å². The van der Waals surface area contributed by atoms with Crippen molar-refractivity contribution in [3.63, 3.8) is 0 Å². The van der Waals surface area contributed by atoms with Gasteiger partial charge in [-0.2, -0.15) is 0 Å². The minimum absolute atomic E-state index is 0.209. The molecule has 0 amide bonds. The van der Waals surface area contributed by atoms with Crippen LogP contribution in [0.25, 0.3) is 0 Å². The van der Waals surface area contributed by atoms with Crippen molar-refractivity contribution in [1.29, 1.82) is 0 Å². The molecule has 13 heavy (non-hydrogen) atoms. The van der Waals surface area contributed by atoms with Gasteiger partial charge < -0.3 is 30.3 Å². The SMILES string of the molecule is O=C[C@@H](O)[C@@H](O)[C@@](O)(F)[C@H](O)CO. The molecule has 0 unspecified atom stereocenters. The van der Waals surface area contributed by atoms with Crippen molar-refractivity contribution < 1.29 is 34.7 Å². The van der Waals surface area contributed by atoms with Gasteiger partial charge >= 0.3 is 0 Å². The van der Waals surface area contributed by atoms with Crippen LogP contribution in [0.15, 0.2) is 0 Å². The van der Waals surface area contributed by atoms with E-state index in [0.717, 1.165) is 0 Å². The molecule has 0 saturated carbocycles. The zero-order chi connectivity index (χ0) is 10.6. The fourth-order valence-electron chi connectivity index (χ4n) is 0.639. The maximum atomic E-state index is 12.9. The van der Waals surface area contributed by atoms with E-state index in [2.05, 4.69) is 0 Å². The summed E-state index contributed by atoms with van der Waals surface area (Å²) in [6.07, 6.45) is -7.18. The number of aliphatic hydroxyl groups excluding tert-OH is 4. The second-order valence-electron chi connectivity index (χ2n) is 2.50. The van der Waals surface area contributed by atoms with E-state index >= 15 is 0 Å². The molecular formula is C6H11FO6. The molecule has 0 aromatic rings. The van der Waals surface area contributed by atoms with Gasteiger partial charge in [0.15, 0.2) is 6.29 Å². The van der Waals surface area contributed by atoms with E-state index in [1.54, 1.807) is 0 Å². The molecule has 0 bridgehead atoms. The number of hydrogen-bond acceptors (Lipinski definition) is 6. The number of hydrogen-bond donors (Lipinski definition) is 5. The molecule has 0 aromatic carbocycles. The van der Waals surface area contributed by atoms with Crippen LogP contribution < -0.4 is 0 Å². The minimum atomic E-state index is -3.63. The van der Waals surface area contributed by atoms with Crippen molar-refractivity contribution in [3.05, 3.63) is 0 Å². The van der Waals surface area contributed by atoms with Crippen LogP contribution >= 0.6 is 0 Å². The Balaban J connectivity index is 4.51. The lowest BCUT2D eigenvalue weighted by molar-refractivity contribution is -0.249. The first-order valence-corrected chi connectivity index (χ1v) is 3.39. The lowest BCUT2D eigenvalue weighted by Gasteiger charge is -2.29. The maximum Gasteiger partial charge on any atom is 0.264 e. The summed E-state index contributed by atoms with van der Waals surface area (Å²) in [5.74, 6) is -3.63. The maximum absolute atomic E-state index is 12.9. The van der Waals surface area contributed by atoms with Gasteiger partial charge in [-0.3, -0.25) is 0 Å². The Kier molecular flexibility index (Phi) is 4.37. The number of halogens is 1. The average Bonchev–Trinajstić information content (AvgIpc) is 2.13. The van der Waals surface area contributed by atoms with Gasteiger partial charge in [0.05, 0.1) is 6.61 Å². The summed E-state index contributed by atoms with van der Waals surface area (Å²) in [6, 6.07) is 0. The Morgan fingerprint density at radius 2 is 1.85 bits per heavy atom. The molecule has 0 spiro atoms. The monoisotopic (exact) mass is 198 g/mol. The van der Waals surface area contributed by atoms with Crippen molar-refractivity contribution in [1.82, 2.24) is 0 Å². The lowest BCUT2D eigenvalue weighted by Crippen LogP contribution is -2.55. The van der Waals surface area contributed by atoms with Gasteiger partial charge in [-0.1, -0.05) is 0 Å². The molecule has 7 heteroatoms. The van der Waals surface area contributed by atoms with E-state index in [9.17, 15) is 9.18 Å². The summed E-state index contributed by atoms with van der Waals surface area (Å²) in [5.41, 5.74) is 0. The number of aliphatic hydroxyl groups is 5. The number of rotatable bonds is 5. The van der Waals surface area contributed by atoms with Gasteiger partial charge in [0.1, 0.15) is 18.3 Å². The summed E-state index contributed by atoms with van der Waals surface area (Å²) in [7, 11) is 0. The van der Waals surface area contributed by atoms with Crippen LogP contribution in [-0.4, -0.2) is 62.6 Å². The molecule has 0 rings (SSSR count). The molecule has 78 valence electrons. The van der Waals surface area contributed by atoms with Crippen molar-refractivity contribution in [2.24, 2.45) is 0 Å². The third-order valence-corrected chi connectivity index (χ3v) is 1.52. The van der Waals surface area contributed by atoms with Gasteiger partial charge in [-0.15, -0.1) is 0 Å². The Morgan fingerprint density at radius 1 is 1.38 bits per heavy atom. The molecule has 0 saturated heterocycles. The smallest absolute Gasteiger partial charge is 0.264 e. The highest BCUT2D eigenvalue weighted by Crippen LogP contribution is 2.19. The van der Waals surface area contributed by atoms with Crippen molar-refractivity contribution in [2.75, 3.05) is 6.61 Å². The Morgan fingerprint density at radius 3 is 2.15 bits per heavy atom. The first-order valence-electron chi connectivity index (χ1n) is 3.39. The second-order valence-corrected chi connectivity index (χ2v) is 2.50. The first kappa shape index (κ1) is 12.4. The van der Waals surface area contributed by atoms with E-state index in [4.69, 9.17) is 25.5 Å². The summed E-state index contributed by atoms with van der Waals surface area (Å²) >= 11 is 0. The van der Waals surface area contributed by atoms with Crippen molar-refractivity contribution in [3.8, 4) is 0 Å². The third-order valence-electron chi connectivity index (χ3n) is 1.52. The molecule has 0 fully saturated rings. The molecule has 0 radical (unpaired) electrons. The van der Waals surface area contributed by atoms with Gasteiger partial charge in [-0.25, -0.2) is 4.39 Å². The Bertz CT molecular complexity index is 173. The Hall–Kier alpha value is -0.600. The summed E-state index contributed by atoms with van der Waals surface area (Å²) in [5, 5.41) is 43.0. The molecule has 0 heterocycles. The number of carbonyl (C=O) groups is 1. The van der Waals surface area contributed by atoms with Gasteiger partial charge in [0.25, 0.3) is 5.85 Å². The highest BCUT2D eigenvalue weighted by Gasteiger charge is 2.46. The van der Waals surface area contributed by atoms with E-state index < -0.39 is 30.8 Å². The molecule has 5 N–H and O–H groups in total. The van der Waals surface area contributed by atoms with Crippen LogP contribution in [0.2, 0.25) is 0 Å². The van der Waals surface area contributed by atoms with Gasteiger partial charge in [0.2, 0.25) is 0 Å². The molecule has 4 atom stereocenters. The lowest BCUT2D eigenvalue weighted by atomic mass is 10.0. The van der Waals surface area contributed by atoms with Crippen LogP contribution in [0.1, 0.15) is 0 Å². The molecule has 0 aromatic heterocycles. The first-order chi connectivity index (χ1) is 5.87. The standard InChI is InChI=1S/C6H11FO6/c7-6(13,4(11)2-9)5(12)3(10)1-8/h1,3-5,9-13H,2H2/t3-,4-,5-,6-/m1/s1. The van der Waals surface area contributed by atoms with Gasteiger partial charge in [0, 0.05) is 0 Å². The summed E-state index contributed by atoms with van der Waals surface area (Å²) < 4.78 is 12.9. The van der Waals surface area contributed by atoms with E-state index in [-0.39, 0.29) is 6.29 Å². The Labute approximate surface area is 72.9 Å². The predicted octanol–water partition coefficient (Wildman–Crippen LogP) is -3.08. The number of alkyl halides is 1. The van der Waals surface area contributed by atoms with E-state index in [1.807, 2.05) is 0 Å². The molecule has 0 aliphatic heterocycles. The van der Waals surface area contributed by atoms with Crippen LogP contribution in [0.3, 0.4) is 0 Å². The second kappa shape index (κ2) is 4.58. The summed E-state index contributed by atoms with van der Waals surface area (Å²) in [4.78, 5) is 9.87. The fraction of sp³-hybridized carbons (Fsp3) is 0.833. The van der Waals surface area contributed by atoms with Crippen LogP contribution in [-0.2, 0) is 4.79 Å². The highest BCUT2D eigenvalue weighted by molar-refractivity contribution is 5.56. The average molecular weight is 198 g/mol. The van der Waals surface area contributed by atoms with E-state index in [1.165, 1.54) is 0 Å². The predicted molar refractivity (Wildman–Crippen MR) is 37.2 cm³/mol. The number of carbonyl (C=O) groups excluding carboxylic acids is 1. The van der Waals surface area contributed by atoms with Crippen molar-refractivity contribution in [2.45, 2.75) is 24.2 Å². The van der Waals surface area contributed by atoms with Crippen LogP contribution in [0.4, 0.5) is 4.39 Å². The topological polar surface area (TPSA) is 118 Å². The van der Waals surface area contributed by atoms with Crippen LogP contribution in [0.5, 0.6) is 0 Å². The zero-order valence-electron chi connectivity index (χ0n) is 6.54. The van der Waals surface area contributed by atoms with Crippen LogP contribution in [0, 0.1) is 0 Å². The molecule has 0 aliphatic carbocycles. The molecule has 0 aliphatic rings. The fourth-order valence-corrected chi connectivity index (χ4v) is 0.639. The summed E-state index contributed by atoms with van der Waals surface area (Å²) in [6.45, 7) is -1.16. The largest absolute Gasteiger partial charge is 0.393 e. The zero-order valence-corrected chi connectivity index (χ0v) is 6.54. The molecule has 6 nitrogen and oxygen atoms in total. The highest BCUT2D eigenvalue weighted by atomic mass is 19.2. The quantitative estimate of drug-likeness (QED) is 0.299.